The van der Waals surface area contributed by atoms with Crippen LogP contribution in [0, 0.1) is 0 Å². The quantitative estimate of drug-likeness (QED) is 0.772. The average molecular weight is 280 g/mol. The number of hydrogen-bond acceptors (Lipinski definition) is 4. The normalized spacial score (nSPS) is 10.1. The lowest BCUT2D eigenvalue weighted by Crippen LogP contribution is -2.16. The van der Waals surface area contributed by atoms with Gasteiger partial charge in [-0.2, -0.15) is 15.4 Å². The summed E-state index contributed by atoms with van der Waals surface area (Å²) in [5.41, 5.74) is 2.17. The van der Waals surface area contributed by atoms with Gasteiger partial charge in [-0.15, -0.1) is 0 Å². The number of hydrogen-bond donors (Lipinski definition) is 2. The van der Waals surface area contributed by atoms with Crippen molar-refractivity contribution in [3.8, 4) is 17.0 Å². The summed E-state index contributed by atoms with van der Waals surface area (Å²) >= 11 is 0. The van der Waals surface area contributed by atoms with Crippen molar-refractivity contribution in [2.45, 2.75) is 0 Å². The van der Waals surface area contributed by atoms with Crippen molar-refractivity contribution in [2.75, 3.05) is 5.32 Å². The second kappa shape index (κ2) is 5.87. The lowest BCUT2D eigenvalue weighted by atomic mass is 10.1. The molecule has 0 unspecified atom stereocenters. The van der Waals surface area contributed by atoms with Crippen LogP contribution in [0.5, 0.6) is 5.75 Å². The molecule has 0 saturated carbocycles. The van der Waals surface area contributed by atoms with E-state index in [-0.39, 0.29) is 0 Å². The van der Waals surface area contributed by atoms with Gasteiger partial charge >= 0.3 is 6.09 Å². The fraction of sp³-hybridized carbons (Fsp3) is 0. The van der Waals surface area contributed by atoms with E-state index in [1.54, 1.807) is 42.6 Å². The van der Waals surface area contributed by atoms with Crippen LogP contribution in [0.25, 0.3) is 11.3 Å². The van der Waals surface area contributed by atoms with Crippen LogP contribution in [0.15, 0.2) is 60.8 Å². The van der Waals surface area contributed by atoms with Gasteiger partial charge in [-0.3, -0.25) is 5.32 Å². The Morgan fingerprint density at radius 2 is 1.95 bits per heavy atom. The van der Waals surface area contributed by atoms with Crippen molar-refractivity contribution >= 4 is 11.8 Å². The van der Waals surface area contributed by atoms with Gasteiger partial charge in [0.25, 0.3) is 0 Å². The largest absolute Gasteiger partial charge is 0.417 e. The molecule has 1 amide bonds. The first-order valence-corrected chi connectivity index (χ1v) is 6.31. The van der Waals surface area contributed by atoms with E-state index in [2.05, 4.69) is 20.7 Å². The van der Waals surface area contributed by atoms with Crippen LogP contribution in [0.3, 0.4) is 0 Å². The molecule has 0 bridgehead atoms. The Kier molecular flexibility index (Phi) is 3.60. The number of benzene rings is 2. The lowest BCUT2D eigenvalue weighted by Gasteiger charge is -2.07. The van der Waals surface area contributed by atoms with Crippen molar-refractivity contribution < 1.29 is 9.53 Å². The van der Waals surface area contributed by atoms with Crippen LogP contribution in [0.4, 0.5) is 10.5 Å². The Morgan fingerprint density at radius 1 is 1.10 bits per heavy atom. The number of amides is 1. The highest BCUT2D eigenvalue weighted by atomic mass is 16.6. The maximum atomic E-state index is 11.8. The average Bonchev–Trinajstić information content (AvgIpc) is 3.02. The lowest BCUT2D eigenvalue weighted by molar-refractivity contribution is 0.215. The van der Waals surface area contributed by atoms with E-state index in [0.717, 1.165) is 5.56 Å². The van der Waals surface area contributed by atoms with Crippen LogP contribution in [-0.2, 0) is 0 Å². The van der Waals surface area contributed by atoms with Crippen molar-refractivity contribution in [1.82, 2.24) is 15.4 Å². The maximum Gasteiger partial charge on any atom is 0.417 e. The van der Waals surface area contributed by atoms with Gasteiger partial charge in [0, 0.05) is 11.3 Å². The Balaban J connectivity index is 1.70. The van der Waals surface area contributed by atoms with Crippen LogP contribution in [-0.4, -0.2) is 21.5 Å². The second-order valence-corrected chi connectivity index (χ2v) is 4.26. The fourth-order valence-corrected chi connectivity index (χ4v) is 1.84. The molecule has 0 aliphatic heterocycles. The van der Waals surface area contributed by atoms with E-state index in [1.165, 1.54) is 0 Å². The number of aromatic nitrogens is 3. The summed E-state index contributed by atoms with van der Waals surface area (Å²) in [4.78, 5) is 11.8. The highest BCUT2D eigenvalue weighted by Gasteiger charge is 2.06. The molecule has 0 radical (unpaired) electrons. The molecule has 0 aliphatic carbocycles. The second-order valence-electron chi connectivity index (χ2n) is 4.26. The first kappa shape index (κ1) is 12.9. The first-order valence-electron chi connectivity index (χ1n) is 6.31. The number of anilines is 1. The van der Waals surface area contributed by atoms with E-state index in [1.807, 2.05) is 18.2 Å². The standard InChI is InChI=1S/C15H12N4O2/c20-15(21-13-7-2-1-3-8-13)17-12-6-4-5-11(9-12)14-10-16-19-18-14/h1-10H,(H,17,20)(H,16,18,19). The highest BCUT2D eigenvalue weighted by Crippen LogP contribution is 2.20. The smallest absolute Gasteiger partial charge is 0.410 e. The van der Waals surface area contributed by atoms with Crippen LogP contribution in [0.1, 0.15) is 0 Å². The molecule has 6 heteroatoms. The van der Waals surface area contributed by atoms with Gasteiger partial charge in [0.15, 0.2) is 0 Å². The molecule has 0 saturated heterocycles. The number of para-hydroxylation sites is 1. The number of rotatable bonds is 3. The predicted molar refractivity (Wildman–Crippen MR) is 77.9 cm³/mol. The third kappa shape index (κ3) is 3.24. The number of carbonyl (C=O) groups excluding carboxylic acids is 1. The van der Waals surface area contributed by atoms with Gasteiger partial charge in [0.2, 0.25) is 0 Å². The Labute approximate surface area is 120 Å². The molecule has 0 spiro atoms. The molecule has 2 aromatic carbocycles. The molecular weight excluding hydrogens is 268 g/mol. The number of H-pyrrole nitrogens is 1. The SMILES string of the molecule is O=C(Nc1cccc(-c2cn[nH]n2)c1)Oc1ccccc1. The molecule has 0 atom stereocenters. The van der Waals surface area contributed by atoms with Gasteiger partial charge in [0.05, 0.1) is 6.20 Å². The molecular formula is C15H12N4O2. The van der Waals surface area contributed by atoms with Gasteiger partial charge in [0.1, 0.15) is 11.4 Å². The number of nitrogens with one attached hydrogen (secondary N) is 2. The van der Waals surface area contributed by atoms with Crippen LogP contribution < -0.4 is 10.1 Å². The minimum Gasteiger partial charge on any atom is -0.410 e. The summed E-state index contributed by atoms with van der Waals surface area (Å²) in [7, 11) is 0. The van der Waals surface area contributed by atoms with E-state index in [9.17, 15) is 4.79 Å². The molecule has 0 fully saturated rings. The van der Waals surface area contributed by atoms with Gasteiger partial charge < -0.3 is 4.74 Å². The van der Waals surface area contributed by atoms with Gasteiger partial charge in [-0.25, -0.2) is 4.79 Å². The molecule has 2 N–H and O–H groups in total. The minimum absolute atomic E-state index is 0.489. The number of aromatic amines is 1. The van der Waals surface area contributed by atoms with Crippen molar-refractivity contribution in [1.29, 1.82) is 0 Å². The molecule has 1 heterocycles. The van der Waals surface area contributed by atoms with E-state index < -0.39 is 6.09 Å². The Bertz CT molecular complexity index is 726. The zero-order valence-corrected chi connectivity index (χ0v) is 11.0. The Morgan fingerprint density at radius 3 is 2.71 bits per heavy atom. The van der Waals surface area contributed by atoms with Crippen molar-refractivity contribution in [3.63, 3.8) is 0 Å². The monoisotopic (exact) mass is 280 g/mol. The topological polar surface area (TPSA) is 79.9 Å². The predicted octanol–water partition coefficient (Wildman–Crippen LogP) is 3.08. The van der Waals surface area contributed by atoms with E-state index in [0.29, 0.717) is 17.1 Å². The molecule has 3 rings (SSSR count). The fourth-order valence-electron chi connectivity index (χ4n) is 1.84. The minimum atomic E-state index is -0.543. The highest BCUT2D eigenvalue weighted by molar-refractivity contribution is 5.87. The Hall–Kier alpha value is -3.15. The zero-order valence-electron chi connectivity index (χ0n) is 11.0. The van der Waals surface area contributed by atoms with E-state index in [4.69, 9.17) is 4.74 Å². The van der Waals surface area contributed by atoms with Crippen LogP contribution >= 0.6 is 0 Å². The zero-order chi connectivity index (χ0) is 14.5. The van der Waals surface area contributed by atoms with Crippen molar-refractivity contribution in [2.24, 2.45) is 0 Å². The molecule has 21 heavy (non-hydrogen) atoms. The number of nitrogens with zero attached hydrogens (tertiary/aromatic N) is 2. The van der Waals surface area contributed by atoms with Crippen LogP contribution in [0.2, 0.25) is 0 Å². The summed E-state index contributed by atoms with van der Waals surface area (Å²) in [5.74, 6) is 0.489. The van der Waals surface area contributed by atoms with Gasteiger partial charge in [-0.05, 0) is 24.3 Å². The summed E-state index contributed by atoms with van der Waals surface area (Å²) in [6.07, 6.45) is 1.07. The number of ether oxygens (including phenoxy) is 1. The summed E-state index contributed by atoms with van der Waals surface area (Å²) in [5, 5.41) is 13.0. The third-order valence-corrected chi connectivity index (χ3v) is 2.77. The maximum absolute atomic E-state index is 11.8. The third-order valence-electron chi connectivity index (χ3n) is 2.77. The molecule has 104 valence electrons. The van der Waals surface area contributed by atoms with E-state index >= 15 is 0 Å². The molecule has 1 aromatic heterocycles. The summed E-state index contributed by atoms with van der Waals surface area (Å²) < 4.78 is 5.16. The first-order chi connectivity index (χ1) is 10.3. The number of carbonyl (C=O) groups is 1. The molecule has 6 nitrogen and oxygen atoms in total. The van der Waals surface area contributed by atoms with Gasteiger partial charge in [-0.1, -0.05) is 30.3 Å². The summed E-state index contributed by atoms with van der Waals surface area (Å²) in [6.45, 7) is 0. The van der Waals surface area contributed by atoms with Crippen molar-refractivity contribution in [3.05, 3.63) is 60.8 Å². The molecule has 3 aromatic rings. The molecule has 0 aliphatic rings. The summed E-state index contributed by atoms with van der Waals surface area (Å²) in [6, 6.07) is 16.2.